The van der Waals surface area contributed by atoms with Crippen LogP contribution in [-0.2, 0) is 11.3 Å². The number of rotatable bonds is 10. The fourth-order valence-electron chi connectivity index (χ4n) is 4.04. The van der Waals surface area contributed by atoms with E-state index in [-0.39, 0.29) is 30.4 Å². The Labute approximate surface area is 195 Å². The Kier molecular flexibility index (Phi) is 6.93. The normalized spacial score (nSPS) is 11.1. The van der Waals surface area contributed by atoms with E-state index in [2.05, 4.69) is 9.97 Å². The van der Waals surface area contributed by atoms with Gasteiger partial charge < -0.3 is 20.4 Å². The molecule has 2 aromatic heterocycles. The molecule has 4 rings (SSSR count). The summed E-state index contributed by atoms with van der Waals surface area (Å²) in [6, 6.07) is 16.9. The second kappa shape index (κ2) is 10.2. The first kappa shape index (κ1) is 23.1. The number of carbonyl (C=O) groups is 1. The third kappa shape index (κ3) is 4.79. The van der Waals surface area contributed by atoms with Crippen molar-refractivity contribution in [2.24, 2.45) is 0 Å². The number of anilines is 2. The number of aromatic amines is 2. The zero-order valence-electron chi connectivity index (χ0n) is 18.9. The van der Waals surface area contributed by atoms with E-state index >= 15 is 0 Å². The zero-order chi connectivity index (χ0) is 24.1. The number of Topliss-reactive ketones (excluding diaryl/α,β-unsaturated/α-hetero) is 1. The number of carbonyl (C=O) groups excluding carboxylic acids is 1. The molecule has 9 heteroatoms. The van der Waals surface area contributed by atoms with E-state index in [9.17, 15) is 14.4 Å². The molecule has 4 aromatic rings. The Bertz CT molecular complexity index is 1400. The Hall–Kier alpha value is -4.11. The molecule has 0 aliphatic heterocycles. The van der Waals surface area contributed by atoms with Gasteiger partial charge in [-0.25, -0.2) is 4.79 Å². The highest BCUT2D eigenvalue weighted by atomic mass is 16.5. The number of hydrogen-bond donors (Lipinski definition) is 3. The highest BCUT2D eigenvalue weighted by Crippen LogP contribution is 2.22. The maximum Gasteiger partial charge on any atom is 0.330 e. The molecular weight excluding hydrogens is 434 g/mol. The SMILES string of the molecule is COCCCN(CC(=O)c1c[nH]c2ccccc12)c1c(N)n(Cc2ccccc2)c(=O)[nH]c1=O. The van der Waals surface area contributed by atoms with Crippen LogP contribution in [0.4, 0.5) is 11.5 Å². The van der Waals surface area contributed by atoms with Gasteiger partial charge in [0.1, 0.15) is 11.5 Å². The van der Waals surface area contributed by atoms with Crippen LogP contribution in [0.25, 0.3) is 10.9 Å². The van der Waals surface area contributed by atoms with Crippen molar-refractivity contribution in [3.63, 3.8) is 0 Å². The first-order chi connectivity index (χ1) is 16.5. The van der Waals surface area contributed by atoms with Crippen molar-refractivity contribution >= 4 is 28.2 Å². The highest BCUT2D eigenvalue weighted by Gasteiger charge is 2.23. The molecule has 0 saturated carbocycles. The fraction of sp³-hybridized carbons (Fsp3) is 0.240. The molecule has 4 N–H and O–H groups in total. The molecule has 34 heavy (non-hydrogen) atoms. The minimum absolute atomic E-state index is 0.0155. The Morgan fingerprint density at radius 3 is 2.59 bits per heavy atom. The average molecular weight is 462 g/mol. The summed E-state index contributed by atoms with van der Waals surface area (Å²) in [5.41, 5.74) is 7.48. The van der Waals surface area contributed by atoms with Gasteiger partial charge in [-0.3, -0.25) is 19.1 Å². The first-order valence-electron chi connectivity index (χ1n) is 11.0. The minimum atomic E-state index is -0.629. The summed E-state index contributed by atoms with van der Waals surface area (Å²) in [5, 5.41) is 0.806. The molecule has 0 atom stereocenters. The van der Waals surface area contributed by atoms with Gasteiger partial charge in [0.25, 0.3) is 5.56 Å². The molecule has 0 amide bonds. The number of nitrogens with two attached hydrogens (primary N) is 1. The lowest BCUT2D eigenvalue weighted by Crippen LogP contribution is -2.41. The van der Waals surface area contributed by atoms with Crippen LogP contribution in [0, 0.1) is 0 Å². The minimum Gasteiger partial charge on any atom is -0.385 e. The molecule has 0 saturated heterocycles. The van der Waals surface area contributed by atoms with Crippen molar-refractivity contribution in [2.45, 2.75) is 13.0 Å². The lowest BCUT2D eigenvalue weighted by molar-refractivity contribution is 0.0999. The predicted octanol–water partition coefficient (Wildman–Crippen LogP) is 2.37. The molecule has 0 bridgehead atoms. The number of benzene rings is 2. The number of hydrogen-bond acceptors (Lipinski definition) is 6. The summed E-state index contributed by atoms with van der Waals surface area (Å²) in [6.45, 7) is 0.901. The molecule has 0 aliphatic carbocycles. The van der Waals surface area contributed by atoms with Gasteiger partial charge in [-0.1, -0.05) is 48.5 Å². The molecular formula is C25H27N5O4. The monoisotopic (exact) mass is 461 g/mol. The summed E-state index contributed by atoms with van der Waals surface area (Å²) in [6.07, 6.45) is 2.23. The highest BCUT2D eigenvalue weighted by molar-refractivity contribution is 6.09. The number of ketones is 1. The van der Waals surface area contributed by atoms with E-state index in [0.717, 1.165) is 16.5 Å². The van der Waals surface area contributed by atoms with Gasteiger partial charge in [-0.15, -0.1) is 0 Å². The van der Waals surface area contributed by atoms with E-state index in [1.165, 1.54) is 4.57 Å². The summed E-state index contributed by atoms with van der Waals surface area (Å²) in [7, 11) is 1.59. The van der Waals surface area contributed by atoms with E-state index in [1.54, 1.807) is 18.2 Å². The van der Waals surface area contributed by atoms with Crippen molar-refractivity contribution in [3.05, 3.63) is 92.8 Å². The van der Waals surface area contributed by atoms with Gasteiger partial charge in [0.05, 0.1) is 13.1 Å². The van der Waals surface area contributed by atoms with Crippen LogP contribution in [0.15, 0.2) is 70.4 Å². The molecule has 0 unspecified atom stereocenters. The van der Waals surface area contributed by atoms with E-state index < -0.39 is 11.2 Å². The van der Waals surface area contributed by atoms with Gasteiger partial charge in [0.2, 0.25) is 0 Å². The quantitative estimate of drug-likeness (QED) is 0.246. The van der Waals surface area contributed by atoms with Crippen molar-refractivity contribution in [3.8, 4) is 0 Å². The largest absolute Gasteiger partial charge is 0.385 e. The standard InChI is InChI=1S/C25H27N5O4/c1-34-13-7-12-29(16-21(31)19-14-27-20-11-6-5-10-18(19)20)22-23(26)30(25(33)28-24(22)32)15-17-8-3-2-4-9-17/h2-6,8-11,14,27H,7,12-13,15-16,26H2,1H3,(H,28,32,33). The molecule has 2 aromatic carbocycles. The topological polar surface area (TPSA) is 126 Å². The predicted molar refractivity (Wildman–Crippen MR) is 133 cm³/mol. The fourth-order valence-corrected chi connectivity index (χ4v) is 4.04. The van der Waals surface area contributed by atoms with E-state index in [1.807, 2.05) is 54.6 Å². The number of ether oxygens (including phenoxy) is 1. The number of fused-ring (bicyclic) bond motifs is 1. The number of para-hydroxylation sites is 1. The van der Waals surface area contributed by atoms with Crippen LogP contribution in [0.3, 0.4) is 0 Å². The van der Waals surface area contributed by atoms with Crippen LogP contribution >= 0.6 is 0 Å². The molecule has 0 spiro atoms. The number of methoxy groups -OCH3 is 1. The second-order valence-electron chi connectivity index (χ2n) is 8.00. The number of H-pyrrole nitrogens is 2. The maximum absolute atomic E-state index is 13.3. The van der Waals surface area contributed by atoms with Crippen molar-refractivity contribution in [1.29, 1.82) is 0 Å². The van der Waals surface area contributed by atoms with Crippen molar-refractivity contribution in [1.82, 2.24) is 14.5 Å². The number of nitrogens with one attached hydrogen (secondary N) is 2. The molecule has 9 nitrogen and oxygen atoms in total. The van der Waals surface area contributed by atoms with Crippen LogP contribution in [0.5, 0.6) is 0 Å². The van der Waals surface area contributed by atoms with Gasteiger partial charge in [0, 0.05) is 42.9 Å². The Balaban J connectivity index is 1.71. The molecule has 0 aliphatic rings. The van der Waals surface area contributed by atoms with Crippen LogP contribution in [-0.4, -0.2) is 47.1 Å². The molecule has 2 heterocycles. The maximum atomic E-state index is 13.3. The second-order valence-corrected chi connectivity index (χ2v) is 8.00. The molecule has 0 fully saturated rings. The summed E-state index contributed by atoms with van der Waals surface area (Å²) in [5.74, 6) is -0.156. The van der Waals surface area contributed by atoms with Crippen LogP contribution in [0.2, 0.25) is 0 Å². The average Bonchev–Trinajstić information content (AvgIpc) is 3.27. The van der Waals surface area contributed by atoms with Crippen molar-refractivity contribution < 1.29 is 9.53 Å². The summed E-state index contributed by atoms with van der Waals surface area (Å²) in [4.78, 5) is 45.8. The van der Waals surface area contributed by atoms with Gasteiger partial charge >= 0.3 is 5.69 Å². The van der Waals surface area contributed by atoms with Crippen molar-refractivity contribution in [2.75, 3.05) is 37.4 Å². The molecule has 0 radical (unpaired) electrons. The zero-order valence-corrected chi connectivity index (χ0v) is 18.9. The first-order valence-corrected chi connectivity index (χ1v) is 11.0. The van der Waals surface area contributed by atoms with Gasteiger partial charge in [-0.05, 0) is 18.1 Å². The lowest BCUT2D eigenvalue weighted by atomic mass is 10.1. The lowest BCUT2D eigenvalue weighted by Gasteiger charge is -2.25. The Morgan fingerprint density at radius 1 is 1.09 bits per heavy atom. The van der Waals surface area contributed by atoms with Crippen LogP contribution < -0.4 is 21.9 Å². The van der Waals surface area contributed by atoms with E-state index in [4.69, 9.17) is 10.5 Å². The Morgan fingerprint density at radius 2 is 1.82 bits per heavy atom. The number of nitrogen functional groups attached to an aromatic ring is 1. The number of aromatic nitrogens is 3. The number of nitrogens with zero attached hydrogens (tertiary/aromatic N) is 2. The third-order valence-electron chi connectivity index (χ3n) is 5.71. The third-order valence-corrected chi connectivity index (χ3v) is 5.71. The van der Waals surface area contributed by atoms with Gasteiger partial charge in [-0.2, -0.15) is 0 Å². The summed E-state index contributed by atoms with van der Waals surface area (Å²) >= 11 is 0. The summed E-state index contributed by atoms with van der Waals surface area (Å²) < 4.78 is 6.47. The van der Waals surface area contributed by atoms with Gasteiger partial charge in [0.15, 0.2) is 5.78 Å². The smallest absolute Gasteiger partial charge is 0.330 e. The van der Waals surface area contributed by atoms with E-state index in [0.29, 0.717) is 25.1 Å². The van der Waals surface area contributed by atoms with Crippen LogP contribution in [0.1, 0.15) is 22.3 Å². The molecule has 176 valence electrons.